The van der Waals surface area contributed by atoms with Crippen LogP contribution in [0.3, 0.4) is 0 Å². The molecule has 0 saturated heterocycles. The van der Waals surface area contributed by atoms with Crippen molar-refractivity contribution in [3.05, 3.63) is 36.2 Å². The Kier molecular flexibility index (Phi) is 4.13. The molecule has 20 heavy (non-hydrogen) atoms. The molecule has 3 rings (SSSR count). The lowest BCUT2D eigenvalue weighted by atomic mass is 10.3. The van der Waals surface area contributed by atoms with Gasteiger partial charge in [-0.25, -0.2) is 0 Å². The van der Waals surface area contributed by atoms with Gasteiger partial charge in [0, 0.05) is 6.04 Å². The largest absolute Gasteiger partial charge is 0.492 e. The third kappa shape index (κ3) is 3.96. The SMILES string of the molecule is c1ccc(OCCNc2nnc(CNC3CC3)o2)cc1. The van der Waals surface area contributed by atoms with E-state index in [-0.39, 0.29) is 0 Å². The first-order valence-corrected chi connectivity index (χ1v) is 6.87. The van der Waals surface area contributed by atoms with E-state index in [0.717, 1.165) is 5.75 Å². The van der Waals surface area contributed by atoms with Gasteiger partial charge in [0.15, 0.2) is 0 Å². The van der Waals surface area contributed by atoms with Crippen LogP contribution in [0.15, 0.2) is 34.7 Å². The summed E-state index contributed by atoms with van der Waals surface area (Å²) in [6, 6.07) is 10.8. The van der Waals surface area contributed by atoms with Gasteiger partial charge in [0.25, 0.3) is 0 Å². The summed E-state index contributed by atoms with van der Waals surface area (Å²) >= 11 is 0. The van der Waals surface area contributed by atoms with Gasteiger partial charge in [-0.2, -0.15) is 0 Å². The molecular weight excluding hydrogens is 256 g/mol. The normalized spacial score (nSPS) is 14.2. The summed E-state index contributed by atoms with van der Waals surface area (Å²) in [5.74, 6) is 1.47. The van der Waals surface area contributed by atoms with E-state index < -0.39 is 0 Å². The van der Waals surface area contributed by atoms with Crippen LogP contribution < -0.4 is 15.4 Å². The third-order valence-electron chi connectivity index (χ3n) is 2.98. The molecular formula is C14H18N4O2. The molecule has 0 spiro atoms. The Labute approximate surface area is 117 Å². The van der Waals surface area contributed by atoms with Crippen LogP contribution >= 0.6 is 0 Å². The molecule has 1 aromatic heterocycles. The average Bonchev–Trinajstić information content (AvgIpc) is 3.21. The van der Waals surface area contributed by atoms with Gasteiger partial charge in [-0.1, -0.05) is 23.3 Å². The molecule has 6 nitrogen and oxygen atoms in total. The summed E-state index contributed by atoms with van der Waals surface area (Å²) in [7, 11) is 0. The molecule has 1 aromatic carbocycles. The number of hydrogen-bond donors (Lipinski definition) is 2. The fourth-order valence-electron chi connectivity index (χ4n) is 1.76. The number of ether oxygens (including phenoxy) is 1. The fourth-order valence-corrected chi connectivity index (χ4v) is 1.76. The average molecular weight is 274 g/mol. The van der Waals surface area contributed by atoms with Crippen molar-refractivity contribution in [1.29, 1.82) is 0 Å². The Balaban J connectivity index is 1.35. The topological polar surface area (TPSA) is 72.2 Å². The van der Waals surface area contributed by atoms with E-state index >= 15 is 0 Å². The summed E-state index contributed by atoms with van der Waals surface area (Å²) in [5.41, 5.74) is 0. The van der Waals surface area contributed by atoms with Crippen LogP contribution in [0.4, 0.5) is 6.01 Å². The Morgan fingerprint density at radius 3 is 2.85 bits per heavy atom. The first-order chi connectivity index (χ1) is 9.90. The monoisotopic (exact) mass is 274 g/mol. The summed E-state index contributed by atoms with van der Waals surface area (Å²) in [6.07, 6.45) is 2.49. The minimum atomic E-state index is 0.439. The van der Waals surface area contributed by atoms with Crippen molar-refractivity contribution in [1.82, 2.24) is 15.5 Å². The lowest BCUT2D eigenvalue weighted by molar-refractivity contribution is 0.331. The number of aromatic nitrogens is 2. The molecule has 0 bridgehead atoms. The van der Waals surface area contributed by atoms with Crippen molar-refractivity contribution in [2.45, 2.75) is 25.4 Å². The van der Waals surface area contributed by atoms with Crippen LogP contribution in [0.5, 0.6) is 5.75 Å². The molecule has 0 amide bonds. The maximum Gasteiger partial charge on any atom is 0.315 e. The van der Waals surface area contributed by atoms with Crippen LogP contribution in [0.25, 0.3) is 0 Å². The van der Waals surface area contributed by atoms with Crippen LogP contribution in [0.1, 0.15) is 18.7 Å². The second-order valence-electron chi connectivity index (χ2n) is 4.74. The van der Waals surface area contributed by atoms with E-state index in [4.69, 9.17) is 9.15 Å². The van der Waals surface area contributed by atoms with Crippen molar-refractivity contribution in [3.63, 3.8) is 0 Å². The third-order valence-corrected chi connectivity index (χ3v) is 2.98. The summed E-state index contributed by atoms with van der Waals surface area (Å²) < 4.78 is 11.0. The van der Waals surface area contributed by atoms with Gasteiger partial charge in [-0.3, -0.25) is 0 Å². The summed E-state index contributed by atoms with van der Waals surface area (Å²) in [5, 5.41) is 14.3. The number of nitrogens with zero attached hydrogens (tertiary/aromatic N) is 2. The summed E-state index contributed by atoms with van der Waals surface area (Å²) in [6.45, 7) is 1.80. The lowest BCUT2D eigenvalue weighted by Crippen LogP contribution is -2.15. The van der Waals surface area contributed by atoms with E-state index in [2.05, 4.69) is 20.8 Å². The minimum absolute atomic E-state index is 0.439. The van der Waals surface area contributed by atoms with Crippen molar-refractivity contribution in [2.24, 2.45) is 0 Å². The molecule has 2 aromatic rings. The van der Waals surface area contributed by atoms with Crippen LogP contribution in [0.2, 0.25) is 0 Å². The zero-order valence-electron chi connectivity index (χ0n) is 11.2. The first kappa shape index (κ1) is 12.9. The van der Waals surface area contributed by atoms with Crippen molar-refractivity contribution >= 4 is 6.01 Å². The van der Waals surface area contributed by atoms with Gasteiger partial charge in [0.05, 0.1) is 13.1 Å². The lowest BCUT2D eigenvalue weighted by Gasteiger charge is -2.05. The molecule has 0 radical (unpaired) electrons. The zero-order chi connectivity index (χ0) is 13.6. The van der Waals surface area contributed by atoms with Gasteiger partial charge < -0.3 is 19.8 Å². The Bertz CT molecular complexity index is 525. The van der Waals surface area contributed by atoms with Gasteiger partial charge in [-0.05, 0) is 25.0 Å². The summed E-state index contributed by atoms with van der Waals surface area (Å²) in [4.78, 5) is 0. The predicted octanol–water partition coefficient (Wildman–Crippen LogP) is 1.81. The Morgan fingerprint density at radius 1 is 1.20 bits per heavy atom. The highest BCUT2D eigenvalue weighted by Gasteiger charge is 2.21. The molecule has 1 heterocycles. The second-order valence-corrected chi connectivity index (χ2v) is 4.74. The maximum absolute atomic E-state index is 5.56. The van der Waals surface area contributed by atoms with E-state index in [1.165, 1.54) is 12.8 Å². The van der Waals surface area contributed by atoms with Crippen LogP contribution in [-0.4, -0.2) is 29.4 Å². The van der Waals surface area contributed by atoms with Gasteiger partial charge in [-0.15, -0.1) is 5.10 Å². The Hall–Kier alpha value is -2.08. The van der Waals surface area contributed by atoms with Gasteiger partial charge in [0.1, 0.15) is 12.4 Å². The standard InChI is InChI=1S/C14H18N4O2/c1-2-4-12(5-3-1)19-9-8-15-14-18-17-13(20-14)10-16-11-6-7-11/h1-5,11,16H,6-10H2,(H,15,18). The first-order valence-electron chi connectivity index (χ1n) is 6.87. The van der Waals surface area contributed by atoms with Gasteiger partial charge >= 0.3 is 6.01 Å². The smallest absolute Gasteiger partial charge is 0.315 e. The molecule has 0 unspecified atom stereocenters. The number of anilines is 1. The number of hydrogen-bond acceptors (Lipinski definition) is 6. The highest BCUT2D eigenvalue weighted by molar-refractivity contribution is 5.21. The quantitative estimate of drug-likeness (QED) is 0.715. The molecule has 1 aliphatic carbocycles. The van der Waals surface area contributed by atoms with Crippen LogP contribution in [-0.2, 0) is 6.54 Å². The fraction of sp³-hybridized carbons (Fsp3) is 0.429. The Morgan fingerprint density at radius 2 is 2.05 bits per heavy atom. The van der Waals surface area contributed by atoms with E-state index in [1.807, 2.05) is 30.3 Å². The number of nitrogens with one attached hydrogen (secondary N) is 2. The van der Waals surface area contributed by atoms with Gasteiger partial charge in [0.2, 0.25) is 5.89 Å². The molecule has 2 N–H and O–H groups in total. The van der Waals surface area contributed by atoms with Crippen molar-refractivity contribution < 1.29 is 9.15 Å². The molecule has 6 heteroatoms. The molecule has 1 saturated carbocycles. The number of para-hydroxylation sites is 1. The van der Waals surface area contributed by atoms with E-state index in [0.29, 0.717) is 37.6 Å². The second kappa shape index (κ2) is 6.38. The molecule has 1 aliphatic rings. The minimum Gasteiger partial charge on any atom is -0.492 e. The highest BCUT2D eigenvalue weighted by atomic mass is 16.5. The maximum atomic E-state index is 5.56. The number of rotatable bonds is 8. The molecule has 0 atom stereocenters. The predicted molar refractivity (Wildman–Crippen MR) is 74.6 cm³/mol. The molecule has 1 fully saturated rings. The zero-order valence-corrected chi connectivity index (χ0v) is 11.2. The highest BCUT2D eigenvalue weighted by Crippen LogP contribution is 2.19. The number of benzene rings is 1. The molecule has 106 valence electrons. The van der Waals surface area contributed by atoms with E-state index in [1.54, 1.807) is 0 Å². The van der Waals surface area contributed by atoms with Crippen molar-refractivity contribution in [3.8, 4) is 5.75 Å². The van der Waals surface area contributed by atoms with E-state index in [9.17, 15) is 0 Å². The van der Waals surface area contributed by atoms with Crippen LogP contribution in [0, 0.1) is 0 Å². The van der Waals surface area contributed by atoms with Crippen molar-refractivity contribution in [2.75, 3.05) is 18.5 Å². The molecule has 0 aliphatic heterocycles.